The van der Waals surface area contributed by atoms with Crippen LogP contribution in [0.15, 0.2) is 41.2 Å². The first-order valence-corrected chi connectivity index (χ1v) is 11.2. The highest BCUT2D eigenvalue weighted by molar-refractivity contribution is 6.05. The average molecular weight is 419 g/mol. The molecule has 31 heavy (non-hydrogen) atoms. The Morgan fingerprint density at radius 1 is 1.16 bits per heavy atom. The lowest BCUT2D eigenvalue weighted by atomic mass is 9.95. The van der Waals surface area contributed by atoms with Gasteiger partial charge in [-0.3, -0.25) is 9.59 Å². The summed E-state index contributed by atoms with van der Waals surface area (Å²) in [6.07, 6.45) is 6.87. The highest BCUT2D eigenvalue weighted by Gasteiger charge is 2.22. The van der Waals surface area contributed by atoms with Gasteiger partial charge >= 0.3 is 0 Å². The van der Waals surface area contributed by atoms with Crippen LogP contribution in [0.1, 0.15) is 72.5 Å². The summed E-state index contributed by atoms with van der Waals surface area (Å²) < 4.78 is 2.34. The minimum atomic E-state index is -0.175. The molecule has 1 aliphatic carbocycles. The fourth-order valence-corrected chi connectivity index (χ4v) is 4.68. The molecule has 2 aromatic heterocycles. The smallest absolute Gasteiger partial charge is 0.257 e. The zero-order chi connectivity index (χ0) is 22.0. The van der Waals surface area contributed by atoms with Crippen molar-refractivity contribution in [3.05, 3.63) is 69.4 Å². The van der Waals surface area contributed by atoms with Crippen molar-refractivity contribution in [1.82, 2.24) is 14.5 Å². The van der Waals surface area contributed by atoms with Gasteiger partial charge in [0.25, 0.3) is 11.5 Å². The van der Waals surface area contributed by atoms with Crippen LogP contribution in [0.2, 0.25) is 0 Å². The van der Waals surface area contributed by atoms with Gasteiger partial charge in [0.1, 0.15) is 5.82 Å². The Morgan fingerprint density at radius 3 is 2.68 bits per heavy atom. The molecule has 6 heteroatoms. The van der Waals surface area contributed by atoms with Crippen molar-refractivity contribution in [2.45, 2.75) is 65.3 Å². The second kappa shape index (κ2) is 8.92. The van der Waals surface area contributed by atoms with Crippen molar-refractivity contribution in [1.29, 1.82) is 0 Å². The van der Waals surface area contributed by atoms with E-state index >= 15 is 0 Å². The number of anilines is 1. The minimum Gasteiger partial charge on any atom is -0.345 e. The maximum atomic E-state index is 13.1. The zero-order valence-electron chi connectivity index (χ0n) is 18.5. The Bertz CT molecular complexity index is 1150. The standard InChI is InChI=1S/C25H30N4O2/c1-4-19-15-23(30)28-24(26-19)18-9-8-10-20(14-18)27-25(31)22-13-16(2)29(17(22)3)21-11-6-5-7-12-21/h8-10,13-15,21H,4-7,11-12H2,1-3H3,(H,27,31)(H,26,28,30). The van der Waals surface area contributed by atoms with Crippen LogP contribution in [0.25, 0.3) is 11.4 Å². The number of aromatic nitrogens is 3. The number of carbonyl (C=O) groups is 1. The molecule has 0 aliphatic heterocycles. The Hall–Kier alpha value is -3.15. The first kappa shape index (κ1) is 21.1. The van der Waals surface area contributed by atoms with Gasteiger partial charge in [-0.05, 0) is 51.3 Å². The first-order valence-electron chi connectivity index (χ1n) is 11.2. The second-order valence-electron chi connectivity index (χ2n) is 8.42. The van der Waals surface area contributed by atoms with E-state index in [1.165, 1.54) is 38.2 Å². The van der Waals surface area contributed by atoms with Crippen LogP contribution in [-0.4, -0.2) is 20.4 Å². The lowest BCUT2D eigenvalue weighted by Gasteiger charge is -2.26. The number of rotatable bonds is 5. The van der Waals surface area contributed by atoms with E-state index in [2.05, 4.69) is 26.8 Å². The minimum absolute atomic E-state index is 0.115. The lowest BCUT2D eigenvalue weighted by Crippen LogP contribution is -2.17. The number of amides is 1. The second-order valence-corrected chi connectivity index (χ2v) is 8.42. The number of benzene rings is 1. The molecule has 0 saturated heterocycles. The van der Waals surface area contributed by atoms with Gasteiger partial charge < -0.3 is 14.9 Å². The Morgan fingerprint density at radius 2 is 1.94 bits per heavy atom. The molecule has 2 heterocycles. The van der Waals surface area contributed by atoms with Gasteiger partial charge in [-0.25, -0.2) is 4.98 Å². The maximum Gasteiger partial charge on any atom is 0.257 e. The first-order chi connectivity index (χ1) is 15.0. The number of H-pyrrole nitrogens is 1. The number of nitrogens with zero attached hydrogens (tertiary/aromatic N) is 2. The third-order valence-electron chi connectivity index (χ3n) is 6.22. The number of aryl methyl sites for hydroxylation is 2. The third kappa shape index (κ3) is 4.48. The molecule has 162 valence electrons. The van der Waals surface area contributed by atoms with Crippen molar-refractivity contribution in [3.8, 4) is 11.4 Å². The largest absolute Gasteiger partial charge is 0.345 e. The summed E-state index contributed by atoms with van der Waals surface area (Å²) in [6, 6.07) is 11.4. The molecule has 1 aliphatic rings. The molecule has 0 radical (unpaired) electrons. The molecule has 1 aromatic carbocycles. The van der Waals surface area contributed by atoms with Crippen LogP contribution in [0.3, 0.4) is 0 Å². The number of carbonyl (C=O) groups excluding carboxylic acids is 1. The molecule has 2 N–H and O–H groups in total. The van der Waals surface area contributed by atoms with Gasteiger partial charge in [-0.2, -0.15) is 0 Å². The number of aromatic amines is 1. The van der Waals surface area contributed by atoms with Gasteiger partial charge in [0, 0.05) is 40.4 Å². The Kier molecular flexibility index (Phi) is 6.07. The van der Waals surface area contributed by atoms with Gasteiger partial charge in [0.15, 0.2) is 0 Å². The van der Waals surface area contributed by atoms with Crippen LogP contribution >= 0.6 is 0 Å². The van der Waals surface area contributed by atoms with E-state index in [0.29, 0.717) is 29.5 Å². The molecule has 1 amide bonds. The summed E-state index contributed by atoms with van der Waals surface area (Å²) in [5, 5.41) is 3.02. The summed E-state index contributed by atoms with van der Waals surface area (Å²) >= 11 is 0. The average Bonchev–Trinajstić information content (AvgIpc) is 3.08. The predicted molar refractivity (Wildman–Crippen MR) is 124 cm³/mol. The zero-order valence-corrected chi connectivity index (χ0v) is 18.5. The van der Waals surface area contributed by atoms with Crippen molar-refractivity contribution in [2.75, 3.05) is 5.32 Å². The summed E-state index contributed by atoms with van der Waals surface area (Å²) in [5.41, 5.74) is 4.89. The van der Waals surface area contributed by atoms with Gasteiger partial charge in [0.05, 0.1) is 5.56 Å². The highest BCUT2D eigenvalue weighted by atomic mass is 16.1. The Labute approximate surface area is 182 Å². The quantitative estimate of drug-likeness (QED) is 0.599. The van der Waals surface area contributed by atoms with E-state index in [9.17, 15) is 9.59 Å². The highest BCUT2D eigenvalue weighted by Crippen LogP contribution is 2.32. The van der Waals surface area contributed by atoms with E-state index in [1.54, 1.807) is 0 Å². The normalized spacial score (nSPS) is 14.5. The number of nitrogens with one attached hydrogen (secondary N) is 2. The molecule has 0 bridgehead atoms. The summed E-state index contributed by atoms with van der Waals surface area (Å²) in [4.78, 5) is 32.3. The lowest BCUT2D eigenvalue weighted by molar-refractivity contribution is 0.102. The van der Waals surface area contributed by atoms with Crippen LogP contribution in [0.4, 0.5) is 5.69 Å². The Balaban J connectivity index is 1.58. The molecule has 3 aromatic rings. The fourth-order valence-electron chi connectivity index (χ4n) is 4.68. The van der Waals surface area contributed by atoms with Crippen LogP contribution < -0.4 is 10.9 Å². The molecule has 1 fully saturated rings. The van der Waals surface area contributed by atoms with Crippen molar-refractivity contribution in [3.63, 3.8) is 0 Å². The summed E-state index contributed by atoms with van der Waals surface area (Å²) in [5.74, 6) is 0.395. The predicted octanol–water partition coefficient (Wildman–Crippen LogP) is 5.18. The maximum absolute atomic E-state index is 13.1. The summed E-state index contributed by atoms with van der Waals surface area (Å²) in [7, 11) is 0. The molecule has 0 unspecified atom stereocenters. The number of hydrogen-bond acceptors (Lipinski definition) is 3. The molecule has 0 atom stereocenters. The van der Waals surface area contributed by atoms with E-state index in [-0.39, 0.29) is 11.5 Å². The van der Waals surface area contributed by atoms with Crippen molar-refractivity contribution >= 4 is 11.6 Å². The topological polar surface area (TPSA) is 79.8 Å². The number of hydrogen-bond donors (Lipinski definition) is 2. The van der Waals surface area contributed by atoms with Crippen molar-refractivity contribution < 1.29 is 4.79 Å². The molecule has 0 spiro atoms. The SMILES string of the molecule is CCc1cc(=O)[nH]c(-c2cccc(NC(=O)c3cc(C)n(C4CCCCC4)c3C)c2)n1. The van der Waals surface area contributed by atoms with Crippen LogP contribution in [-0.2, 0) is 6.42 Å². The van der Waals surface area contributed by atoms with Gasteiger partial charge in [0.2, 0.25) is 0 Å². The van der Waals surface area contributed by atoms with E-state index in [0.717, 1.165) is 22.6 Å². The monoisotopic (exact) mass is 418 g/mol. The van der Waals surface area contributed by atoms with E-state index in [4.69, 9.17) is 0 Å². The van der Waals surface area contributed by atoms with E-state index < -0.39 is 0 Å². The van der Waals surface area contributed by atoms with E-state index in [1.807, 2.05) is 44.2 Å². The molecule has 4 rings (SSSR count). The third-order valence-corrected chi connectivity index (χ3v) is 6.22. The van der Waals surface area contributed by atoms with Gasteiger partial charge in [-0.15, -0.1) is 0 Å². The van der Waals surface area contributed by atoms with Gasteiger partial charge in [-0.1, -0.05) is 38.3 Å². The molecule has 1 saturated carbocycles. The fraction of sp³-hybridized carbons (Fsp3) is 0.400. The van der Waals surface area contributed by atoms with Crippen molar-refractivity contribution in [2.24, 2.45) is 0 Å². The molecular formula is C25H30N4O2. The van der Waals surface area contributed by atoms with Crippen LogP contribution in [0.5, 0.6) is 0 Å². The summed E-state index contributed by atoms with van der Waals surface area (Å²) in [6.45, 7) is 6.09. The van der Waals surface area contributed by atoms with Crippen LogP contribution in [0, 0.1) is 13.8 Å². The molecule has 6 nitrogen and oxygen atoms in total. The molecular weight excluding hydrogens is 388 g/mol.